The van der Waals surface area contributed by atoms with Gasteiger partial charge in [-0.05, 0) is 61.2 Å². The molecule has 154 valence electrons. The first-order valence-corrected chi connectivity index (χ1v) is 9.52. The number of pyridine rings is 1. The van der Waals surface area contributed by atoms with Crippen LogP contribution in [0.15, 0.2) is 48.5 Å². The highest BCUT2D eigenvalue weighted by molar-refractivity contribution is 6.06. The van der Waals surface area contributed by atoms with Crippen molar-refractivity contribution in [2.75, 3.05) is 12.4 Å². The lowest BCUT2D eigenvalue weighted by molar-refractivity contribution is 0.0695. The van der Waals surface area contributed by atoms with E-state index in [0.29, 0.717) is 29.2 Å². The van der Waals surface area contributed by atoms with Crippen LogP contribution in [0.5, 0.6) is 0 Å². The molecule has 2 aromatic carbocycles. The molecule has 0 spiro atoms. The molecule has 6 heteroatoms. The number of benzene rings is 2. The van der Waals surface area contributed by atoms with Crippen LogP contribution in [0.4, 0.5) is 5.69 Å². The Morgan fingerprint density at radius 2 is 1.77 bits per heavy atom. The normalized spacial score (nSPS) is 10.7. The molecule has 0 saturated heterocycles. The van der Waals surface area contributed by atoms with Gasteiger partial charge in [0, 0.05) is 18.4 Å². The van der Waals surface area contributed by atoms with Gasteiger partial charge in [0.25, 0.3) is 5.91 Å². The Morgan fingerprint density at radius 3 is 2.47 bits per heavy atom. The van der Waals surface area contributed by atoms with Gasteiger partial charge in [-0.25, -0.2) is 9.78 Å². The van der Waals surface area contributed by atoms with Gasteiger partial charge in [-0.3, -0.25) is 4.79 Å². The number of hydrogen-bond acceptors (Lipinski definition) is 4. The number of nitrogens with zero attached hydrogens (tertiary/aromatic N) is 1. The van der Waals surface area contributed by atoms with Gasteiger partial charge in [0.2, 0.25) is 0 Å². The van der Waals surface area contributed by atoms with Crippen LogP contribution in [-0.2, 0) is 11.3 Å². The summed E-state index contributed by atoms with van der Waals surface area (Å²) in [5.74, 6) is -1.41. The third-order valence-electron chi connectivity index (χ3n) is 4.99. The van der Waals surface area contributed by atoms with Crippen LogP contribution < -0.4 is 5.32 Å². The maximum absolute atomic E-state index is 13.0. The zero-order valence-electron chi connectivity index (χ0n) is 17.4. The monoisotopic (exact) mass is 404 g/mol. The molecule has 3 aromatic rings. The number of aromatic carboxylic acids is 1. The maximum Gasteiger partial charge on any atom is 0.336 e. The Hall–Kier alpha value is -3.51. The molecule has 0 radical (unpaired) electrons. The Kier molecular flexibility index (Phi) is 6.28. The third-order valence-corrected chi connectivity index (χ3v) is 4.99. The predicted octanol–water partition coefficient (Wildman–Crippen LogP) is 4.77. The summed E-state index contributed by atoms with van der Waals surface area (Å²) in [6.07, 6.45) is 0. The van der Waals surface area contributed by atoms with E-state index in [9.17, 15) is 14.7 Å². The van der Waals surface area contributed by atoms with Gasteiger partial charge in [0.05, 0.1) is 17.9 Å². The summed E-state index contributed by atoms with van der Waals surface area (Å²) in [5, 5.41) is 12.2. The largest absolute Gasteiger partial charge is 0.478 e. The Labute approximate surface area is 175 Å². The molecule has 2 N–H and O–H groups in total. The van der Waals surface area contributed by atoms with Crippen LogP contribution in [0.25, 0.3) is 11.3 Å². The molecule has 0 atom stereocenters. The van der Waals surface area contributed by atoms with Crippen molar-refractivity contribution in [1.82, 2.24) is 4.98 Å². The second kappa shape index (κ2) is 8.88. The first kappa shape index (κ1) is 21.2. The van der Waals surface area contributed by atoms with E-state index in [1.807, 2.05) is 50.2 Å². The first-order valence-electron chi connectivity index (χ1n) is 9.52. The minimum Gasteiger partial charge on any atom is -0.478 e. The lowest BCUT2D eigenvalue weighted by Crippen LogP contribution is -2.18. The minimum atomic E-state index is -1.03. The summed E-state index contributed by atoms with van der Waals surface area (Å²) in [5.41, 5.74) is 5.55. The lowest BCUT2D eigenvalue weighted by Gasteiger charge is -2.15. The Bertz CT molecular complexity index is 1120. The fraction of sp³-hybridized carbons (Fsp3) is 0.208. The van der Waals surface area contributed by atoms with Gasteiger partial charge in [0.15, 0.2) is 0 Å². The number of anilines is 1. The second-order valence-corrected chi connectivity index (χ2v) is 7.18. The van der Waals surface area contributed by atoms with Gasteiger partial charge >= 0.3 is 5.97 Å². The van der Waals surface area contributed by atoms with Crippen molar-refractivity contribution in [1.29, 1.82) is 0 Å². The van der Waals surface area contributed by atoms with Crippen molar-refractivity contribution in [3.05, 3.63) is 82.0 Å². The van der Waals surface area contributed by atoms with E-state index in [2.05, 4.69) is 10.3 Å². The fourth-order valence-corrected chi connectivity index (χ4v) is 3.35. The van der Waals surface area contributed by atoms with E-state index in [1.54, 1.807) is 26.2 Å². The quantitative estimate of drug-likeness (QED) is 0.618. The van der Waals surface area contributed by atoms with Crippen molar-refractivity contribution in [3.63, 3.8) is 0 Å². The molecule has 0 aliphatic carbocycles. The summed E-state index contributed by atoms with van der Waals surface area (Å²) in [6, 6.07) is 14.8. The summed E-state index contributed by atoms with van der Waals surface area (Å²) >= 11 is 0. The van der Waals surface area contributed by atoms with E-state index in [-0.39, 0.29) is 11.5 Å². The van der Waals surface area contributed by atoms with Crippen LogP contribution >= 0.6 is 0 Å². The molecule has 6 nitrogen and oxygen atoms in total. The molecule has 0 bridgehead atoms. The summed E-state index contributed by atoms with van der Waals surface area (Å²) in [4.78, 5) is 29.1. The highest BCUT2D eigenvalue weighted by Crippen LogP contribution is 2.26. The number of nitrogens with one attached hydrogen (secondary N) is 1. The van der Waals surface area contributed by atoms with Crippen molar-refractivity contribution < 1.29 is 19.4 Å². The zero-order chi connectivity index (χ0) is 21.8. The van der Waals surface area contributed by atoms with Crippen LogP contribution in [0.2, 0.25) is 0 Å². The van der Waals surface area contributed by atoms with Crippen molar-refractivity contribution in [3.8, 4) is 11.3 Å². The number of rotatable bonds is 6. The van der Waals surface area contributed by atoms with E-state index in [0.717, 1.165) is 22.3 Å². The van der Waals surface area contributed by atoms with E-state index in [4.69, 9.17) is 4.74 Å². The van der Waals surface area contributed by atoms with Crippen LogP contribution in [-0.4, -0.2) is 29.1 Å². The number of carboxylic acid groups (broad SMARTS) is 1. The Morgan fingerprint density at radius 1 is 1.03 bits per heavy atom. The average molecular weight is 404 g/mol. The SMILES string of the molecule is COCc1cccc(-c2ccc(C)c(C(=O)Nc3c(C)ccc(C(=O)O)c3C)n2)c1. The molecular formula is C24H24N2O4. The number of hydrogen-bond donors (Lipinski definition) is 2. The van der Waals surface area contributed by atoms with Gasteiger partial charge in [-0.1, -0.05) is 30.3 Å². The average Bonchev–Trinajstić information content (AvgIpc) is 2.71. The highest BCUT2D eigenvalue weighted by Gasteiger charge is 2.18. The maximum atomic E-state index is 13.0. The molecule has 1 heterocycles. The summed E-state index contributed by atoms with van der Waals surface area (Å²) < 4.78 is 5.19. The van der Waals surface area contributed by atoms with Crippen molar-refractivity contribution in [2.45, 2.75) is 27.4 Å². The van der Waals surface area contributed by atoms with Crippen molar-refractivity contribution in [2.24, 2.45) is 0 Å². The number of ether oxygens (including phenoxy) is 1. The summed E-state index contributed by atoms with van der Waals surface area (Å²) in [7, 11) is 1.64. The number of methoxy groups -OCH3 is 1. The molecule has 1 aromatic heterocycles. The third kappa shape index (κ3) is 4.39. The number of aromatic nitrogens is 1. The lowest BCUT2D eigenvalue weighted by atomic mass is 10.0. The number of aryl methyl sites for hydroxylation is 2. The number of carboxylic acids is 1. The Balaban J connectivity index is 1.96. The zero-order valence-corrected chi connectivity index (χ0v) is 17.4. The topological polar surface area (TPSA) is 88.5 Å². The molecule has 0 aliphatic rings. The first-order chi connectivity index (χ1) is 14.3. The standard InChI is InChI=1S/C24H24N2O4/c1-14-8-10-19(24(28)29)16(3)21(14)26-23(27)22-15(2)9-11-20(25-22)18-7-5-6-17(12-18)13-30-4/h5-12H,13H2,1-4H3,(H,26,27)(H,28,29). The van der Waals surface area contributed by atoms with E-state index in [1.165, 1.54) is 0 Å². The molecule has 0 fully saturated rings. The second-order valence-electron chi connectivity index (χ2n) is 7.18. The number of amides is 1. The van der Waals surface area contributed by atoms with Crippen LogP contribution in [0.1, 0.15) is 43.1 Å². The predicted molar refractivity (Wildman–Crippen MR) is 116 cm³/mol. The van der Waals surface area contributed by atoms with E-state index >= 15 is 0 Å². The molecule has 0 unspecified atom stereocenters. The highest BCUT2D eigenvalue weighted by atomic mass is 16.5. The molecule has 30 heavy (non-hydrogen) atoms. The minimum absolute atomic E-state index is 0.157. The molecule has 1 amide bonds. The van der Waals surface area contributed by atoms with Crippen LogP contribution in [0.3, 0.4) is 0 Å². The fourth-order valence-electron chi connectivity index (χ4n) is 3.35. The number of carbonyl (C=O) groups is 2. The van der Waals surface area contributed by atoms with Gasteiger partial charge < -0.3 is 15.2 Å². The van der Waals surface area contributed by atoms with Crippen LogP contribution in [0, 0.1) is 20.8 Å². The molecule has 3 rings (SSSR count). The molecular weight excluding hydrogens is 380 g/mol. The molecule has 0 saturated carbocycles. The van der Waals surface area contributed by atoms with E-state index < -0.39 is 5.97 Å². The van der Waals surface area contributed by atoms with Gasteiger partial charge in [-0.2, -0.15) is 0 Å². The van der Waals surface area contributed by atoms with Gasteiger partial charge in [0.1, 0.15) is 5.69 Å². The van der Waals surface area contributed by atoms with Crippen molar-refractivity contribution >= 4 is 17.6 Å². The number of carbonyl (C=O) groups excluding carboxylic acids is 1. The van der Waals surface area contributed by atoms with Gasteiger partial charge in [-0.15, -0.1) is 0 Å². The molecule has 0 aliphatic heterocycles. The smallest absolute Gasteiger partial charge is 0.336 e. The summed E-state index contributed by atoms with van der Waals surface area (Å²) in [6.45, 7) is 5.82.